The zero-order chi connectivity index (χ0) is 23.5. The molecule has 0 radical (unpaired) electrons. The van der Waals surface area contributed by atoms with Gasteiger partial charge < -0.3 is 9.47 Å². The number of rotatable bonds is 7. The normalized spacial score (nSPS) is 12.5. The molecule has 0 fully saturated rings. The highest BCUT2D eigenvalue weighted by Gasteiger charge is 2.37. The number of Topliss-reactive ketones (excluding diaryl/α,β-unsaturated/α-hetero) is 1. The monoisotopic (exact) mass is 443 g/mol. The molecule has 3 aromatic carbocycles. The van der Waals surface area contributed by atoms with Crippen LogP contribution in [0.15, 0.2) is 66.7 Å². The molecule has 33 heavy (non-hydrogen) atoms. The molecule has 0 spiro atoms. The SMILES string of the molecule is CCOc1ccc(N2C(=O)c3ccc(C(=O)OCC(=O)c4ccc(C)cc4)cc3C2=O)cc1. The Hall–Kier alpha value is -4.26. The molecule has 7 nitrogen and oxygen atoms in total. The fourth-order valence-corrected chi connectivity index (χ4v) is 3.50. The van der Waals surface area contributed by atoms with E-state index in [9.17, 15) is 19.2 Å². The number of hydrogen-bond donors (Lipinski definition) is 0. The van der Waals surface area contributed by atoms with Crippen molar-refractivity contribution in [3.05, 3.63) is 94.5 Å². The van der Waals surface area contributed by atoms with Crippen molar-refractivity contribution in [2.75, 3.05) is 18.1 Å². The van der Waals surface area contributed by atoms with Gasteiger partial charge in [-0.3, -0.25) is 14.4 Å². The van der Waals surface area contributed by atoms with Crippen LogP contribution < -0.4 is 9.64 Å². The van der Waals surface area contributed by atoms with Crippen molar-refractivity contribution in [3.8, 4) is 5.75 Å². The van der Waals surface area contributed by atoms with E-state index in [1.807, 2.05) is 13.8 Å². The summed E-state index contributed by atoms with van der Waals surface area (Å²) in [6, 6.07) is 17.7. The van der Waals surface area contributed by atoms with Crippen molar-refractivity contribution in [2.45, 2.75) is 13.8 Å². The van der Waals surface area contributed by atoms with Crippen LogP contribution in [-0.4, -0.2) is 36.8 Å². The predicted molar refractivity (Wildman–Crippen MR) is 121 cm³/mol. The van der Waals surface area contributed by atoms with Crippen molar-refractivity contribution in [1.29, 1.82) is 0 Å². The number of carbonyl (C=O) groups is 4. The van der Waals surface area contributed by atoms with Crippen molar-refractivity contribution < 1.29 is 28.7 Å². The van der Waals surface area contributed by atoms with Gasteiger partial charge in [-0.05, 0) is 56.3 Å². The minimum atomic E-state index is -0.752. The van der Waals surface area contributed by atoms with Gasteiger partial charge >= 0.3 is 5.97 Å². The smallest absolute Gasteiger partial charge is 0.338 e. The molecule has 2 amide bonds. The minimum Gasteiger partial charge on any atom is -0.494 e. The summed E-state index contributed by atoms with van der Waals surface area (Å²) in [6.45, 7) is 3.84. The van der Waals surface area contributed by atoms with E-state index < -0.39 is 24.4 Å². The fourth-order valence-electron chi connectivity index (χ4n) is 3.50. The highest BCUT2D eigenvalue weighted by Crippen LogP contribution is 2.30. The molecule has 0 saturated heterocycles. The Bertz CT molecular complexity index is 1240. The first-order chi connectivity index (χ1) is 15.9. The number of aryl methyl sites for hydroxylation is 1. The third-order valence-electron chi connectivity index (χ3n) is 5.24. The van der Waals surface area contributed by atoms with Crippen LogP contribution in [0, 0.1) is 6.92 Å². The number of imide groups is 1. The molecule has 0 bridgehead atoms. The van der Waals surface area contributed by atoms with Crippen LogP contribution in [0.5, 0.6) is 5.75 Å². The van der Waals surface area contributed by atoms with Crippen LogP contribution in [-0.2, 0) is 4.74 Å². The van der Waals surface area contributed by atoms with E-state index in [0.717, 1.165) is 10.5 Å². The Kier molecular flexibility index (Phi) is 6.04. The molecule has 0 aliphatic carbocycles. The van der Waals surface area contributed by atoms with E-state index in [1.165, 1.54) is 18.2 Å². The number of esters is 1. The molecule has 1 heterocycles. The third kappa shape index (κ3) is 4.39. The number of anilines is 1. The second-order valence-corrected chi connectivity index (χ2v) is 7.50. The summed E-state index contributed by atoms with van der Waals surface area (Å²) in [6.07, 6.45) is 0. The maximum atomic E-state index is 12.9. The van der Waals surface area contributed by atoms with Gasteiger partial charge in [-0.1, -0.05) is 29.8 Å². The van der Waals surface area contributed by atoms with Crippen LogP contribution in [0.1, 0.15) is 53.9 Å². The predicted octanol–water partition coefficient (Wildman–Crippen LogP) is 4.23. The molecule has 1 aliphatic heterocycles. The molecule has 4 rings (SSSR count). The van der Waals surface area contributed by atoms with E-state index in [1.54, 1.807) is 48.5 Å². The Labute approximate surface area is 190 Å². The average molecular weight is 443 g/mol. The zero-order valence-corrected chi connectivity index (χ0v) is 18.2. The minimum absolute atomic E-state index is 0.0835. The lowest BCUT2D eigenvalue weighted by atomic mass is 10.1. The number of fused-ring (bicyclic) bond motifs is 1. The van der Waals surface area contributed by atoms with Gasteiger partial charge in [0.25, 0.3) is 11.8 Å². The van der Waals surface area contributed by atoms with Gasteiger partial charge in [0.15, 0.2) is 12.4 Å². The third-order valence-corrected chi connectivity index (χ3v) is 5.24. The quantitative estimate of drug-likeness (QED) is 0.308. The summed E-state index contributed by atoms with van der Waals surface area (Å²) in [5.41, 5.74) is 2.24. The maximum absolute atomic E-state index is 12.9. The summed E-state index contributed by atoms with van der Waals surface area (Å²) >= 11 is 0. The fraction of sp³-hybridized carbons (Fsp3) is 0.154. The van der Waals surface area contributed by atoms with E-state index in [4.69, 9.17) is 9.47 Å². The number of carbonyl (C=O) groups excluding carboxylic acids is 4. The summed E-state index contributed by atoms with van der Waals surface area (Å²) in [4.78, 5) is 51.5. The number of ketones is 1. The number of benzene rings is 3. The van der Waals surface area contributed by atoms with Crippen molar-refractivity contribution >= 4 is 29.3 Å². The summed E-state index contributed by atoms with van der Waals surface area (Å²) in [5, 5.41) is 0. The van der Waals surface area contributed by atoms with Crippen molar-refractivity contribution in [2.24, 2.45) is 0 Å². The van der Waals surface area contributed by atoms with Gasteiger partial charge in [-0.2, -0.15) is 0 Å². The van der Waals surface area contributed by atoms with Gasteiger partial charge in [0, 0.05) is 5.56 Å². The van der Waals surface area contributed by atoms with Crippen LogP contribution in [0.2, 0.25) is 0 Å². The Morgan fingerprint density at radius 1 is 0.818 bits per heavy atom. The first-order valence-electron chi connectivity index (χ1n) is 10.4. The van der Waals surface area contributed by atoms with Crippen LogP contribution in [0.25, 0.3) is 0 Å². The number of nitrogens with zero attached hydrogens (tertiary/aromatic N) is 1. The van der Waals surface area contributed by atoms with Crippen LogP contribution in [0.4, 0.5) is 5.69 Å². The molecule has 0 atom stereocenters. The standard InChI is InChI=1S/C26H21NO6/c1-3-32-20-11-9-19(10-12-20)27-24(29)21-13-8-18(14-22(21)25(27)30)26(31)33-15-23(28)17-6-4-16(2)5-7-17/h4-14H,3,15H2,1-2H3. The second-order valence-electron chi connectivity index (χ2n) is 7.50. The Morgan fingerprint density at radius 3 is 2.12 bits per heavy atom. The summed E-state index contributed by atoms with van der Waals surface area (Å²) in [7, 11) is 0. The summed E-state index contributed by atoms with van der Waals surface area (Å²) in [5.74, 6) is -1.48. The van der Waals surface area contributed by atoms with Gasteiger partial charge in [-0.15, -0.1) is 0 Å². The average Bonchev–Trinajstić information content (AvgIpc) is 3.08. The molecule has 0 aromatic heterocycles. The van der Waals surface area contributed by atoms with Gasteiger partial charge in [0.2, 0.25) is 0 Å². The van der Waals surface area contributed by atoms with Crippen LogP contribution >= 0.6 is 0 Å². The molecule has 0 unspecified atom stereocenters. The van der Waals surface area contributed by atoms with Crippen LogP contribution in [0.3, 0.4) is 0 Å². The molecule has 1 aliphatic rings. The molecule has 7 heteroatoms. The molecular weight excluding hydrogens is 422 g/mol. The summed E-state index contributed by atoms with van der Waals surface area (Å²) < 4.78 is 10.5. The highest BCUT2D eigenvalue weighted by molar-refractivity contribution is 6.34. The molecular formula is C26H21NO6. The first-order valence-corrected chi connectivity index (χ1v) is 10.4. The molecule has 0 saturated carbocycles. The van der Waals surface area contributed by atoms with Crippen molar-refractivity contribution in [3.63, 3.8) is 0 Å². The van der Waals surface area contributed by atoms with E-state index in [-0.39, 0.29) is 22.5 Å². The first kappa shape index (κ1) is 22.0. The largest absolute Gasteiger partial charge is 0.494 e. The van der Waals surface area contributed by atoms with E-state index in [2.05, 4.69) is 0 Å². The molecule has 3 aromatic rings. The lowest BCUT2D eigenvalue weighted by Gasteiger charge is -2.14. The number of ether oxygens (including phenoxy) is 2. The lowest BCUT2D eigenvalue weighted by molar-refractivity contribution is 0.0474. The molecule has 0 N–H and O–H groups in total. The lowest BCUT2D eigenvalue weighted by Crippen LogP contribution is -2.29. The van der Waals surface area contributed by atoms with Gasteiger partial charge in [0.1, 0.15) is 5.75 Å². The van der Waals surface area contributed by atoms with Gasteiger partial charge in [-0.25, -0.2) is 9.69 Å². The van der Waals surface area contributed by atoms with Crippen molar-refractivity contribution in [1.82, 2.24) is 0 Å². The Balaban J connectivity index is 1.48. The molecule has 166 valence electrons. The maximum Gasteiger partial charge on any atom is 0.338 e. The number of hydrogen-bond acceptors (Lipinski definition) is 6. The second kappa shape index (κ2) is 9.08. The zero-order valence-electron chi connectivity index (χ0n) is 18.2. The van der Waals surface area contributed by atoms with E-state index >= 15 is 0 Å². The Morgan fingerprint density at radius 2 is 1.45 bits per heavy atom. The van der Waals surface area contributed by atoms with E-state index in [0.29, 0.717) is 23.6 Å². The topological polar surface area (TPSA) is 90.0 Å². The van der Waals surface area contributed by atoms with Gasteiger partial charge in [0.05, 0.1) is 29.0 Å². The highest BCUT2D eigenvalue weighted by atomic mass is 16.5. The number of amides is 2.